The minimum absolute atomic E-state index is 0. The van der Waals surface area contributed by atoms with Crippen LogP contribution < -0.4 is 0 Å². The van der Waals surface area contributed by atoms with Gasteiger partial charge in [0.2, 0.25) is 0 Å². The van der Waals surface area contributed by atoms with Crippen molar-refractivity contribution in [2.24, 2.45) is 0 Å². The average Bonchev–Trinajstić information content (AvgIpc) is 1.82. The molecule has 0 saturated heterocycles. The topological polar surface area (TPSA) is 132 Å². The number of carboxylic acid groups (broad SMARTS) is 3. The Bertz CT molecular complexity index is 243. The van der Waals surface area contributed by atoms with Gasteiger partial charge in [0.25, 0.3) is 0 Å². The Balaban J connectivity index is -0.0000000720. The van der Waals surface area contributed by atoms with E-state index >= 15 is 0 Å². The number of carbonyl (C=O) groups is 3. The zero-order valence-electron chi connectivity index (χ0n) is 6.43. The summed E-state index contributed by atoms with van der Waals surface area (Å²) in [5.74, 6) is -5.02. The predicted molar refractivity (Wildman–Crippen MR) is 72.8 cm³/mol. The summed E-state index contributed by atoms with van der Waals surface area (Å²) in [6.07, 6.45) is -2.29. The van der Waals surface area contributed by atoms with Crippen LogP contribution >= 0.6 is 0 Å². The van der Waals surface area contributed by atoms with Crippen LogP contribution in [0.2, 0.25) is 0 Å². The molecule has 0 amide bonds. The van der Waals surface area contributed by atoms with Crippen LogP contribution in [0.25, 0.3) is 0 Å². The third kappa shape index (κ3) is 17.4. The van der Waals surface area contributed by atoms with Crippen molar-refractivity contribution in [2.75, 3.05) is 0 Å². The normalized spacial score (nSPS) is 7.83. The van der Waals surface area contributed by atoms with E-state index in [0.717, 1.165) is 0 Å². The molecule has 0 aromatic rings. The molecule has 4 N–H and O–H groups in total. The van der Waals surface area contributed by atoms with Crippen LogP contribution in [0.4, 0.5) is 0 Å². The fraction of sp³-hybridized carbons (Fsp3) is 0.500. The number of rotatable bonds is 5. The summed E-state index contributed by atoms with van der Waals surface area (Å²) >= 11 is 0. The van der Waals surface area contributed by atoms with E-state index in [4.69, 9.17) is 20.4 Å². The zero-order valence-corrected chi connectivity index (χ0v) is 6.43. The molecule has 0 heterocycles. The SMILES string of the molecule is O=C(O)CC(O)(CC(=O)O)C(=O)O.[NaH].[NaH].[NaH].[NaH].[NaH]. The fourth-order valence-corrected chi connectivity index (χ4v) is 0.714. The van der Waals surface area contributed by atoms with Gasteiger partial charge < -0.3 is 20.4 Å². The quantitative estimate of drug-likeness (QED) is 0.376. The summed E-state index contributed by atoms with van der Waals surface area (Å²) in [7, 11) is 0. The average molecular weight is 312 g/mol. The Morgan fingerprint density at radius 3 is 1.06 bits per heavy atom. The van der Waals surface area contributed by atoms with Crippen LogP contribution in [0.5, 0.6) is 0 Å². The van der Waals surface area contributed by atoms with Gasteiger partial charge in [0.05, 0.1) is 12.8 Å². The molecule has 0 bridgehead atoms. The van der Waals surface area contributed by atoms with Crippen molar-refractivity contribution in [1.82, 2.24) is 0 Å². The molecule has 7 nitrogen and oxygen atoms in total. The first-order valence-electron chi connectivity index (χ1n) is 3.17. The van der Waals surface area contributed by atoms with E-state index in [1.165, 1.54) is 0 Å². The Morgan fingerprint density at radius 1 is 0.722 bits per heavy atom. The van der Waals surface area contributed by atoms with Crippen LogP contribution in [0, 0.1) is 0 Å². The number of aliphatic hydroxyl groups is 1. The van der Waals surface area contributed by atoms with Gasteiger partial charge in [0.15, 0.2) is 5.60 Å². The summed E-state index contributed by atoms with van der Waals surface area (Å²) in [5.41, 5.74) is -2.74. The van der Waals surface area contributed by atoms with Crippen molar-refractivity contribution in [2.45, 2.75) is 18.4 Å². The first-order chi connectivity index (χ1) is 5.78. The summed E-state index contributed by atoms with van der Waals surface area (Å²) in [4.78, 5) is 30.5. The summed E-state index contributed by atoms with van der Waals surface area (Å²) in [6, 6.07) is 0. The molecule has 84 valence electrons. The van der Waals surface area contributed by atoms with Gasteiger partial charge in [-0.05, 0) is 0 Å². The molecule has 0 aromatic heterocycles. The molecule has 0 aliphatic heterocycles. The number of carboxylic acids is 3. The van der Waals surface area contributed by atoms with Gasteiger partial charge in [-0.1, -0.05) is 0 Å². The van der Waals surface area contributed by atoms with Crippen molar-refractivity contribution >= 4 is 166 Å². The van der Waals surface area contributed by atoms with Crippen molar-refractivity contribution < 1.29 is 34.8 Å². The first kappa shape index (κ1) is 37.5. The van der Waals surface area contributed by atoms with E-state index in [1.807, 2.05) is 0 Å². The van der Waals surface area contributed by atoms with Crippen molar-refractivity contribution in [3.8, 4) is 0 Å². The molecule has 0 saturated carbocycles. The molecule has 0 aromatic carbocycles. The summed E-state index contributed by atoms with van der Waals surface area (Å²) in [5, 5.41) is 33.8. The van der Waals surface area contributed by atoms with Gasteiger partial charge in [-0.3, -0.25) is 9.59 Å². The third-order valence-electron chi connectivity index (χ3n) is 1.29. The fourth-order valence-electron chi connectivity index (χ4n) is 0.714. The van der Waals surface area contributed by atoms with Crippen LogP contribution in [0.15, 0.2) is 0 Å². The molecule has 0 spiro atoms. The van der Waals surface area contributed by atoms with Crippen LogP contribution in [0.3, 0.4) is 0 Å². The van der Waals surface area contributed by atoms with E-state index in [0.29, 0.717) is 0 Å². The molecular formula is C6H13Na5O7. The summed E-state index contributed by atoms with van der Waals surface area (Å²) in [6.45, 7) is 0. The van der Waals surface area contributed by atoms with Crippen molar-refractivity contribution in [3.63, 3.8) is 0 Å². The molecule has 0 atom stereocenters. The Labute approximate surface area is 214 Å². The van der Waals surface area contributed by atoms with Gasteiger partial charge in [-0.25, -0.2) is 4.79 Å². The van der Waals surface area contributed by atoms with E-state index in [1.54, 1.807) is 0 Å². The molecule has 0 unspecified atom stereocenters. The van der Waals surface area contributed by atoms with Crippen LogP contribution in [-0.2, 0) is 14.4 Å². The van der Waals surface area contributed by atoms with E-state index < -0.39 is 36.4 Å². The van der Waals surface area contributed by atoms with Crippen LogP contribution in [0.1, 0.15) is 12.8 Å². The molecule has 0 rings (SSSR count). The van der Waals surface area contributed by atoms with E-state index in [2.05, 4.69) is 0 Å². The Kier molecular flexibility index (Phi) is 38.4. The molecule has 0 radical (unpaired) electrons. The minimum atomic E-state index is -2.74. The second-order valence-corrected chi connectivity index (χ2v) is 2.48. The predicted octanol–water partition coefficient (Wildman–Crippen LogP) is -4.49. The Morgan fingerprint density at radius 2 is 0.944 bits per heavy atom. The van der Waals surface area contributed by atoms with E-state index in [-0.39, 0.29) is 148 Å². The molecule has 12 heteroatoms. The van der Waals surface area contributed by atoms with E-state index in [9.17, 15) is 14.4 Å². The maximum absolute atomic E-state index is 10.3. The number of hydrogen-bond donors (Lipinski definition) is 4. The van der Waals surface area contributed by atoms with Gasteiger partial charge in [-0.15, -0.1) is 0 Å². The number of hydrogen-bond acceptors (Lipinski definition) is 4. The van der Waals surface area contributed by atoms with Gasteiger partial charge in [-0.2, -0.15) is 0 Å². The standard InChI is InChI=1S/C6H8O7.5Na.5H/c7-3(8)1-6(13,5(11)12)2-4(9)10;;;;;;;;;;/h13H,1-2H2,(H,7,8)(H,9,10)(H,11,12);;;;;;;;;;. The molecule has 18 heavy (non-hydrogen) atoms. The van der Waals surface area contributed by atoms with Crippen molar-refractivity contribution in [3.05, 3.63) is 0 Å². The van der Waals surface area contributed by atoms with Gasteiger partial charge in [0.1, 0.15) is 0 Å². The Hall–Kier alpha value is 3.37. The van der Waals surface area contributed by atoms with Crippen LogP contribution in [-0.4, -0.2) is 192 Å². The zero-order chi connectivity index (χ0) is 10.6. The summed E-state index contributed by atoms with van der Waals surface area (Å²) < 4.78 is 0. The monoisotopic (exact) mass is 312 g/mol. The molecular weight excluding hydrogens is 299 g/mol. The second kappa shape index (κ2) is 18.4. The third-order valence-corrected chi connectivity index (χ3v) is 1.29. The first-order valence-corrected chi connectivity index (χ1v) is 3.17. The van der Waals surface area contributed by atoms with Crippen molar-refractivity contribution in [1.29, 1.82) is 0 Å². The van der Waals surface area contributed by atoms with Gasteiger partial charge in [0, 0.05) is 0 Å². The molecule has 0 aliphatic carbocycles. The maximum atomic E-state index is 10.3. The molecule has 0 aliphatic rings. The molecule has 0 fully saturated rings. The second-order valence-electron chi connectivity index (χ2n) is 2.48. The number of aliphatic carboxylic acids is 3. The van der Waals surface area contributed by atoms with Gasteiger partial charge >= 0.3 is 166 Å².